The summed E-state index contributed by atoms with van der Waals surface area (Å²) in [4.78, 5) is 0. The molecule has 0 fully saturated rings. The number of aryl methyl sites for hydroxylation is 1. The third kappa shape index (κ3) is 3.44. The van der Waals surface area contributed by atoms with Crippen LogP contribution in [-0.2, 0) is 0 Å². The molecule has 2 rings (SSSR count). The van der Waals surface area contributed by atoms with Crippen molar-refractivity contribution in [2.45, 2.75) is 26.3 Å². The zero-order valence-electron chi connectivity index (χ0n) is 11.4. The molecule has 0 aliphatic rings. The van der Waals surface area contributed by atoms with Crippen molar-refractivity contribution >= 4 is 28.9 Å². The van der Waals surface area contributed by atoms with Crippen molar-refractivity contribution in [3.8, 4) is 0 Å². The molecule has 0 spiro atoms. The lowest BCUT2D eigenvalue weighted by Crippen LogP contribution is -2.10. The van der Waals surface area contributed by atoms with Crippen LogP contribution >= 0.6 is 23.2 Å². The molecule has 0 heterocycles. The Morgan fingerprint density at radius 2 is 1.90 bits per heavy atom. The van der Waals surface area contributed by atoms with Crippen LogP contribution in [0, 0.1) is 12.7 Å². The molecule has 0 aromatic heterocycles. The largest absolute Gasteiger partial charge is 0.377 e. The molecule has 0 aliphatic heterocycles. The molecule has 0 bridgehead atoms. The van der Waals surface area contributed by atoms with Crippen LogP contribution < -0.4 is 5.32 Å². The van der Waals surface area contributed by atoms with Gasteiger partial charge in [-0.15, -0.1) is 0 Å². The molecule has 106 valence electrons. The van der Waals surface area contributed by atoms with Crippen molar-refractivity contribution in [1.29, 1.82) is 0 Å². The summed E-state index contributed by atoms with van der Waals surface area (Å²) in [5, 5.41) is 4.60. The molecule has 0 aliphatic carbocycles. The van der Waals surface area contributed by atoms with Crippen LogP contribution in [0.2, 0.25) is 10.0 Å². The molecule has 1 unspecified atom stereocenters. The van der Waals surface area contributed by atoms with Crippen molar-refractivity contribution < 1.29 is 4.39 Å². The summed E-state index contributed by atoms with van der Waals surface area (Å²) >= 11 is 12.4. The average molecular weight is 312 g/mol. The van der Waals surface area contributed by atoms with E-state index in [1.165, 1.54) is 12.1 Å². The summed E-state index contributed by atoms with van der Waals surface area (Å²) in [5.41, 5.74) is 2.58. The van der Waals surface area contributed by atoms with E-state index in [1.807, 2.05) is 26.0 Å². The number of hydrogen-bond acceptors (Lipinski definition) is 1. The molecule has 0 amide bonds. The van der Waals surface area contributed by atoms with E-state index in [0.717, 1.165) is 23.2 Å². The average Bonchev–Trinajstić information content (AvgIpc) is 2.41. The Labute approximate surface area is 128 Å². The first-order valence-corrected chi connectivity index (χ1v) is 7.24. The maximum Gasteiger partial charge on any atom is 0.123 e. The van der Waals surface area contributed by atoms with Gasteiger partial charge in [0, 0.05) is 5.02 Å². The van der Waals surface area contributed by atoms with Gasteiger partial charge >= 0.3 is 0 Å². The summed E-state index contributed by atoms with van der Waals surface area (Å²) in [7, 11) is 0. The number of benzene rings is 2. The summed E-state index contributed by atoms with van der Waals surface area (Å²) in [6.07, 6.45) is 0.811. The second-order valence-electron chi connectivity index (χ2n) is 4.74. The van der Waals surface area contributed by atoms with Gasteiger partial charge in [-0.05, 0) is 48.7 Å². The molecule has 0 saturated carbocycles. The van der Waals surface area contributed by atoms with E-state index in [4.69, 9.17) is 23.2 Å². The van der Waals surface area contributed by atoms with E-state index in [2.05, 4.69) is 5.32 Å². The molecule has 1 atom stereocenters. The molecule has 4 heteroatoms. The second-order valence-corrected chi connectivity index (χ2v) is 5.56. The van der Waals surface area contributed by atoms with Crippen molar-refractivity contribution in [3.63, 3.8) is 0 Å². The Balaban J connectivity index is 2.29. The molecule has 1 N–H and O–H groups in total. The molecular formula is C16H16Cl2FN. The summed E-state index contributed by atoms with van der Waals surface area (Å²) < 4.78 is 13.3. The summed E-state index contributed by atoms with van der Waals surface area (Å²) in [6.45, 7) is 3.94. The van der Waals surface area contributed by atoms with Crippen molar-refractivity contribution in [1.82, 2.24) is 0 Å². The topological polar surface area (TPSA) is 12.0 Å². The minimum Gasteiger partial charge on any atom is -0.377 e. The van der Waals surface area contributed by atoms with Gasteiger partial charge in [-0.3, -0.25) is 0 Å². The highest BCUT2D eigenvalue weighted by Crippen LogP contribution is 2.32. The lowest BCUT2D eigenvalue weighted by molar-refractivity contribution is 0.621. The van der Waals surface area contributed by atoms with Gasteiger partial charge in [-0.2, -0.15) is 0 Å². The number of anilines is 1. The van der Waals surface area contributed by atoms with E-state index in [0.29, 0.717) is 10.0 Å². The van der Waals surface area contributed by atoms with Gasteiger partial charge in [-0.1, -0.05) is 42.3 Å². The van der Waals surface area contributed by atoms with E-state index < -0.39 is 0 Å². The lowest BCUT2D eigenvalue weighted by atomic mass is 10.0. The Morgan fingerprint density at radius 3 is 2.55 bits per heavy atom. The quantitative estimate of drug-likeness (QED) is 0.729. The first-order chi connectivity index (χ1) is 9.51. The maximum absolute atomic E-state index is 13.3. The Hall–Kier alpha value is -1.25. The highest BCUT2D eigenvalue weighted by atomic mass is 35.5. The fourth-order valence-corrected chi connectivity index (χ4v) is 2.53. The van der Waals surface area contributed by atoms with Crippen LogP contribution in [0.1, 0.15) is 30.5 Å². The molecule has 0 saturated heterocycles. The van der Waals surface area contributed by atoms with Gasteiger partial charge in [0.25, 0.3) is 0 Å². The Bertz CT molecular complexity index is 613. The molecule has 2 aromatic carbocycles. The van der Waals surface area contributed by atoms with Crippen LogP contribution in [0.3, 0.4) is 0 Å². The fraction of sp³-hybridized carbons (Fsp3) is 0.250. The van der Waals surface area contributed by atoms with Crippen LogP contribution in [0.4, 0.5) is 10.1 Å². The van der Waals surface area contributed by atoms with Gasteiger partial charge in [0.15, 0.2) is 0 Å². The number of hydrogen-bond donors (Lipinski definition) is 1. The zero-order chi connectivity index (χ0) is 14.7. The summed E-state index contributed by atoms with van der Waals surface area (Å²) in [6, 6.07) is 10.2. The minimum atomic E-state index is -0.240. The third-order valence-corrected chi connectivity index (χ3v) is 3.96. The van der Waals surface area contributed by atoms with Crippen LogP contribution in [-0.4, -0.2) is 0 Å². The van der Waals surface area contributed by atoms with E-state index in [1.54, 1.807) is 12.1 Å². The highest BCUT2D eigenvalue weighted by molar-refractivity contribution is 6.35. The van der Waals surface area contributed by atoms with Gasteiger partial charge in [0.1, 0.15) is 5.82 Å². The molecule has 0 radical (unpaired) electrons. The van der Waals surface area contributed by atoms with Crippen molar-refractivity contribution in [2.75, 3.05) is 5.32 Å². The molecular weight excluding hydrogens is 296 g/mol. The zero-order valence-corrected chi connectivity index (χ0v) is 12.9. The Morgan fingerprint density at radius 1 is 1.15 bits per heavy atom. The Kier molecular flexibility index (Phi) is 4.90. The van der Waals surface area contributed by atoms with Crippen LogP contribution in [0.25, 0.3) is 0 Å². The maximum atomic E-state index is 13.3. The molecule has 2 aromatic rings. The normalized spacial score (nSPS) is 12.2. The van der Waals surface area contributed by atoms with E-state index in [9.17, 15) is 4.39 Å². The van der Waals surface area contributed by atoms with Crippen LogP contribution in [0.15, 0.2) is 36.4 Å². The first-order valence-electron chi connectivity index (χ1n) is 6.49. The predicted molar refractivity (Wildman–Crippen MR) is 84.3 cm³/mol. The monoisotopic (exact) mass is 311 g/mol. The fourth-order valence-electron chi connectivity index (χ4n) is 2.09. The van der Waals surface area contributed by atoms with E-state index in [-0.39, 0.29) is 11.9 Å². The van der Waals surface area contributed by atoms with Gasteiger partial charge < -0.3 is 5.32 Å². The van der Waals surface area contributed by atoms with Crippen molar-refractivity contribution in [2.24, 2.45) is 0 Å². The number of nitrogens with one attached hydrogen (secondary N) is 1. The second kappa shape index (κ2) is 6.47. The standard InChI is InChI=1S/C16H16Cl2FN/c1-3-15(11-5-4-6-12(19)8-11)20-16-9-13(17)10(2)7-14(16)18/h4-9,15,20H,3H2,1-2H3. The highest BCUT2D eigenvalue weighted by Gasteiger charge is 2.13. The molecule has 1 nitrogen and oxygen atoms in total. The van der Waals surface area contributed by atoms with Gasteiger partial charge in [-0.25, -0.2) is 4.39 Å². The van der Waals surface area contributed by atoms with Gasteiger partial charge in [0.05, 0.1) is 16.8 Å². The number of rotatable bonds is 4. The van der Waals surface area contributed by atoms with Crippen molar-refractivity contribution in [3.05, 3.63) is 63.4 Å². The predicted octanol–water partition coefficient (Wildman–Crippen LogP) is 6.00. The third-order valence-electron chi connectivity index (χ3n) is 3.24. The van der Waals surface area contributed by atoms with Crippen LogP contribution in [0.5, 0.6) is 0 Å². The lowest BCUT2D eigenvalue weighted by Gasteiger charge is -2.20. The first kappa shape index (κ1) is 15.1. The number of halogens is 3. The van der Waals surface area contributed by atoms with E-state index >= 15 is 0 Å². The smallest absolute Gasteiger partial charge is 0.123 e. The molecule has 20 heavy (non-hydrogen) atoms. The summed E-state index contributed by atoms with van der Waals surface area (Å²) in [5.74, 6) is -0.240. The SMILES string of the molecule is CCC(Nc1cc(Cl)c(C)cc1Cl)c1cccc(F)c1. The van der Waals surface area contributed by atoms with Gasteiger partial charge in [0.2, 0.25) is 0 Å². The minimum absolute atomic E-state index is 0.0121.